The number of aromatic amines is 1. The van der Waals surface area contributed by atoms with E-state index in [1.54, 1.807) is 6.07 Å². The molecule has 25 heavy (non-hydrogen) atoms. The van der Waals surface area contributed by atoms with Crippen LogP contribution < -0.4 is 5.32 Å². The van der Waals surface area contributed by atoms with Gasteiger partial charge in [-0.2, -0.15) is 0 Å². The smallest absolute Gasteiger partial charge is 0.296 e. The van der Waals surface area contributed by atoms with Crippen molar-refractivity contribution in [3.05, 3.63) is 65.6 Å². The Hall–Kier alpha value is -2.95. The number of fused-ring (bicyclic) bond motifs is 1. The lowest BCUT2D eigenvalue weighted by Crippen LogP contribution is -2.25. The maximum atomic E-state index is 13.3. The molecule has 0 saturated carbocycles. The molecular weight excluding hydrogens is 319 g/mol. The largest absolute Gasteiger partial charge is 0.360 e. The van der Waals surface area contributed by atoms with Crippen molar-refractivity contribution in [3.63, 3.8) is 0 Å². The molecule has 0 unspecified atom stereocenters. The Balaban J connectivity index is 1.90. The van der Waals surface area contributed by atoms with Crippen molar-refractivity contribution in [1.82, 2.24) is 4.98 Å². The van der Waals surface area contributed by atoms with Crippen molar-refractivity contribution in [2.45, 2.75) is 26.2 Å². The second-order valence-electron chi connectivity index (χ2n) is 6.97. The molecule has 1 amide bonds. The summed E-state index contributed by atoms with van der Waals surface area (Å²) < 4.78 is 13.3. The van der Waals surface area contributed by atoms with Gasteiger partial charge in [0.1, 0.15) is 5.82 Å². The number of carbonyl (C=O) groups excluding carboxylic acids is 2. The van der Waals surface area contributed by atoms with E-state index in [4.69, 9.17) is 0 Å². The summed E-state index contributed by atoms with van der Waals surface area (Å²) in [5.74, 6) is -1.79. The maximum Gasteiger partial charge on any atom is 0.296 e. The highest BCUT2D eigenvalue weighted by Crippen LogP contribution is 2.29. The highest BCUT2D eigenvalue weighted by Gasteiger charge is 2.23. The van der Waals surface area contributed by atoms with Crippen LogP contribution in [0, 0.1) is 5.82 Å². The lowest BCUT2D eigenvalue weighted by Gasteiger charge is -2.22. The van der Waals surface area contributed by atoms with Gasteiger partial charge in [-0.25, -0.2) is 4.39 Å². The molecule has 1 heterocycles. The Kier molecular flexibility index (Phi) is 4.17. The fourth-order valence-electron chi connectivity index (χ4n) is 2.83. The molecule has 0 atom stereocenters. The number of anilines is 1. The van der Waals surface area contributed by atoms with E-state index >= 15 is 0 Å². The van der Waals surface area contributed by atoms with Crippen molar-refractivity contribution in [2.24, 2.45) is 0 Å². The molecule has 0 radical (unpaired) electrons. The van der Waals surface area contributed by atoms with Crippen LogP contribution in [0.15, 0.2) is 48.7 Å². The first-order valence-electron chi connectivity index (χ1n) is 7.99. The van der Waals surface area contributed by atoms with Gasteiger partial charge in [-0.15, -0.1) is 0 Å². The van der Waals surface area contributed by atoms with Crippen LogP contribution in [0.1, 0.15) is 36.7 Å². The number of benzene rings is 2. The van der Waals surface area contributed by atoms with E-state index in [1.165, 1.54) is 24.4 Å². The number of Topliss-reactive ketones (excluding diaryl/α,β-unsaturated/α-hetero) is 1. The third kappa shape index (κ3) is 3.31. The number of nitrogens with one attached hydrogen (secondary N) is 2. The molecule has 0 aliphatic carbocycles. The Morgan fingerprint density at radius 2 is 1.80 bits per heavy atom. The molecule has 128 valence electrons. The van der Waals surface area contributed by atoms with E-state index in [-0.39, 0.29) is 11.0 Å². The van der Waals surface area contributed by atoms with Crippen LogP contribution in [0.3, 0.4) is 0 Å². The Labute approximate surface area is 145 Å². The second kappa shape index (κ2) is 6.16. The Morgan fingerprint density at radius 1 is 1.08 bits per heavy atom. The molecule has 2 aromatic carbocycles. The van der Waals surface area contributed by atoms with Crippen molar-refractivity contribution in [1.29, 1.82) is 0 Å². The lowest BCUT2D eigenvalue weighted by molar-refractivity contribution is -0.112. The third-order valence-corrected chi connectivity index (χ3v) is 4.08. The first-order chi connectivity index (χ1) is 11.8. The molecule has 0 bridgehead atoms. The second-order valence-corrected chi connectivity index (χ2v) is 6.97. The number of H-pyrrole nitrogens is 1. The molecule has 2 N–H and O–H groups in total. The summed E-state index contributed by atoms with van der Waals surface area (Å²) in [6, 6.07) is 11.4. The number of halogens is 1. The van der Waals surface area contributed by atoms with E-state index in [1.807, 2.05) is 39.0 Å². The van der Waals surface area contributed by atoms with Crippen LogP contribution >= 0.6 is 0 Å². The molecule has 3 rings (SSSR count). The number of amides is 1. The van der Waals surface area contributed by atoms with Crippen LogP contribution in [-0.4, -0.2) is 16.7 Å². The van der Waals surface area contributed by atoms with Crippen molar-refractivity contribution in [3.8, 4) is 0 Å². The minimum Gasteiger partial charge on any atom is -0.360 e. The number of hydrogen-bond acceptors (Lipinski definition) is 2. The summed E-state index contributed by atoms with van der Waals surface area (Å²) in [5, 5.41) is 3.22. The molecule has 0 aliphatic heterocycles. The zero-order valence-electron chi connectivity index (χ0n) is 14.3. The zero-order valence-corrected chi connectivity index (χ0v) is 14.3. The minimum atomic E-state index is -0.720. The van der Waals surface area contributed by atoms with Crippen molar-refractivity contribution >= 4 is 28.3 Å². The minimum absolute atomic E-state index is 0.175. The topological polar surface area (TPSA) is 62.0 Å². The predicted molar refractivity (Wildman–Crippen MR) is 96.4 cm³/mol. The van der Waals surface area contributed by atoms with Crippen LogP contribution in [0.2, 0.25) is 0 Å². The van der Waals surface area contributed by atoms with E-state index in [9.17, 15) is 14.0 Å². The number of aromatic nitrogens is 1. The molecular formula is C20H19FN2O2. The third-order valence-electron chi connectivity index (χ3n) is 4.08. The number of rotatable bonds is 3. The fourth-order valence-corrected chi connectivity index (χ4v) is 2.83. The first-order valence-corrected chi connectivity index (χ1v) is 7.99. The number of ketones is 1. The SMILES string of the molecule is CC(C)(C)c1ccccc1NC(=O)C(=O)c1c[nH]c2cc(F)ccc12. The van der Waals surface area contributed by atoms with Gasteiger partial charge < -0.3 is 10.3 Å². The number of hydrogen-bond donors (Lipinski definition) is 2. The standard InChI is InChI=1S/C20H19FN2O2/c1-20(2,3)15-6-4-5-7-16(15)23-19(25)18(24)14-11-22-17-10-12(21)8-9-13(14)17/h4-11,22H,1-3H3,(H,23,25). The normalized spacial score (nSPS) is 11.5. The maximum absolute atomic E-state index is 13.3. The molecule has 5 heteroatoms. The fraction of sp³-hybridized carbons (Fsp3) is 0.200. The number of carbonyl (C=O) groups is 2. The summed E-state index contributed by atoms with van der Waals surface area (Å²) in [6.45, 7) is 6.11. The van der Waals surface area contributed by atoms with Gasteiger partial charge in [0.05, 0.1) is 5.56 Å². The van der Waals surface area contributed by atoms with E-state index in [2.05, 4.69) is 10.3 Å². The lowest BCUT2D eigenvalue weighted by atomic mass is 9.86. The van der Waals surface area contributed by atoms with Crippen LogP contribution in [0.4, 0.5) is 10.1 Å². The van der Waals surface area contributed by atoms with E-state index in [0.717, 1.165) is 5.56 Å². The quantitative estimate of drug-likeness (QED) is 0.548. The van der Waals surface area contributed by atoms with E-state index < -0.39 is 17.5 Å². The predicted octanol–water partition coefficient (Wildman–Crippen LogP) is 4.43. The Morgan fingerprint density at radius 3 is 2.52 bits per heavy atom. The van der Waals surface area contributed by atoms with Gasteiger partial charge in [0.15, 0.2) is 0 Å². The molecule has 0 fully saturated rings. The summed E-state index contributed by atoms with van der Waals surface area (Å²) in [5.41, 5.74) is 2.08. The van der Waals surface area contributed by atoms with Gasteiger partial charge in [0.2, 0.25) is 0 Å². The van der Waals surface area contributed by atoms with Crippen molar-refractivity contribution < 1.29 is 14.0 Å². The van der Waals surface area contributed by atoms with Crippen LogP contribution in [-0.2, 0) is 10.2 Å². The highest BCUT2D eigenvalue weighted by atomic mass is 19.1. The van der Waals surface area contributed by atoms with Crippen LogP contribution in [0.25, 0.3) is 10.9 Å². The summed E-state index contributed by atoms with van der Waals surface area (Å²) in [6.07, 6.45) is 1.43. The molecule has 0 saturated heterocycles. The van der Waals surface area contributed by atoms with Gasteiger partial charge in [-0.1, -0.05) is 39.0 Å². The summed E-state index contributed by atoms with van der Waals surface area (Å²) in [7, 11) is 0. The van der Waals surface area contributed by atoms with Gasteiger partial charge >= 0.3 is 0 Å². The zero-order chi connectivity index (χ0) is 18.2. The monoisotopic (exact) mass is 338 g/mol. The highest BCUT2D eigenvalue weighted by molar-refractivity contribution is 6.48. The molecule has 3 aromatic rings. The van der Waals surface area contributed by atoms with Gasteiger partial charge in [-0.05, 0) is 35.2 Å². The summed E-state index contributed by atoms with van der Waals surface area (Å²) >= 11 is 0. The molecule has 0 spiro atoms. The van der Waals surface area contributed by atoms with Gasteiger partial charge in [0.25, 0.3) is 11.7 Å². The van der Waals surface area contributed by atoms with Crippen molar-refractivity contribution in [2.75, 3.05) is 5.32 Å². The van der Waals surface area contributed by atoms with Crippen LogP contribution in [0.5, 0.6) is 0 Å². The molecule has 4 nitrogen and oxygen atoms in total. The molecule has 0 aliphatic rings. The van der Waals surface area contributed by atoms with Gasteiger partial charge in [0, 0.05) is 22.8 Å². The summed E-state index contributed by atoms with van der Waals surface area (Å²) in [4.78, 5) is 27.8. The average molecular weight is 338 g/mol. The number of para-hydroxylation sites is 1. The first kappa shape index (κ1) is 16.9. The van der Waals surface area contributed by atoms with E-state index in [0.29, 0.717) is 16.6 Å². The van der Waals surface area contributed by atoms with Gasteiger partial charge in [-0.3, -0.25) is 9.59 Å². The molecule has 1 aromatic heterocycles. The average Bonchev–Trinajstić information content (AvgIpc) is 2.96. The Bertz CT molecular complexity index is 967.